The number of alkyl halides is 3. The topological polar surface area (TPSA) is 52.6 Å². The van der Waals surface area contributed by atoms with Crippen molar-refractivity contribution in [3.63, 3.8) is 0 Å². The molecule has 2 rings (SSSR count). The van der Waals surface area contributed by atoms with Crippen molar-refractivity contribution in [3.05, 3.63) is 71.8 Å². The average molecular weight is 350 g/mol. The van der Waals surface area contributed by atoms with Crippen molar-refractivity contribution in [2.45, 2.75) is 13.1 Å². The summed E-state index contributed by atoms with van der Waals surface area (Å²) in [6.45, 7) is 4.93. The molecule has 7 heteroatoms. The number of carbonyl (C=O) groups excluding carboxylic acids is 2. The lowest BCUT2D eigenvalue weighted by atomic mass is 10.2. The highest BCUT2D eigenvalue weighted by atomic mass is 19.4. The van der Waals surface area contributed by atoms with E-state index in [0.29, 0.717) is 0 Å². The van der Waals surface area contributed by atoms with Crippen molar-refractivity contribution in [2.75, 3.05) is 0 Å². The first-order valence-corrected chi connectivity index (χ1v) is 7.04. The predicted molar refractivity (Wildman–Crippen MR) is 83.3 cm³/mol. The number of rotatable bonds is 4. The van der Waals surface area contributed by atoms with Crippen molar-refractivity contribution in [1.29, 1.82) is 0 Å². The van der Waals surface area contributed by atoms with Gasteiger partial charge in [-0.1, -0.05) is 12.6 Å². The van der Waals surface area contributed by atoms with Gasteiger partial charge in [0.05, 0.1) is 11.1 Å². The first-order chi connectivity index (χ1) is 11.7. The van der Waals surface area contributed by atoms with Gasteiger partial charge in [-0.05, 0) is 49.4 Å². The number of benzene rings is 2. The fourth-order valence-corrected chi connectivity index (χ4v) is 1.76. The summed E-state index contributed by atoms with van der Waals surface area (Å²) in [7, 11) is 0. The molecule has 0 saturated heterocycles. The quantitative estimate of drug-likeness (QED) is 0.466. The number of halogens is 3. The molecule has 0 heterocycles. The van der Waals surface area contributed by atoms with Gasteiger partial charge in [0, 0.05) is 5.57 Å². The van der Waals surface area contributed by atoms with Crippen LogP contribution in [0.5, 0.6) is 11.5 Å². The predicted octanol–water partition coefficient (Wildman–Crippen LogP) is 4.41. The van der Waals surface area contributed by atoms with E-state index < -0.39 is 23.7 Å². The molecule has 0 aliphatic carbocycles. The van der Waals surface area contributed by atoms with Gasteiger partial charge in [0.1, 0.15) is 11.5 Å². The highest BCUT2D eigenvalue weighted by Crippen LogP contribution is 2.31. The van der Waals surface area contributed by atoms with Gasteiger partial charge >= 0.3 is 18.1 Å². The van der Waals surface area contributed by atoms with Crippen LogP contribution in [0.1, 0.15) is 22.8 Å². The van der Waals surface area contributed by atoms with Crippen LogP contribution in [-0.4, -0.2) is 11.9 Å². The second kappa shape index (κ2) is 7.21. The smallest absolute Gasteiger partial charge is 0.416 e. The van der Waals surface area contributed by atoms with Crippen LogP contribution in [0.15, 0.2) is 60.7 Å². The number of esters is 2. The number of hydrogen-bond acceptors (Lipinski definition) is 4. The fraction of sp³-hybridized carbons (Fsp3) is 0.111. The second-order valence-electron chi connectivity index (χ2n) is 5.11. The zero-order valence-electron chi connectivity index (χ0n) is 13.1. The highest BCUT2D eigenvalue weighted by Gasteiger charge is 2.30. The van der Waals surface area contributed by atoms with E-state index in [1.165, 1.54) is 37.3 Å². The van der Waals surface area contributed by atoms with Crippen LogP contribution >= 0.6 is 0 Å². The van der Waals surface area contributed by atoms with E-state index in [4.69, 9.17) is 9.47 Å². The van der Waals surface area contributed by atoms with Gasteiger partial charge in [-0.25, -0.2) is 9.59 Å². The minimum Gasteiger partial charge on any atom is -0.423 e. The molecule has 0 unspecified atom stereocenters. The molecule has 2 aromatic carbocycles. The van der Waals surface area contributed by atoms with E-state index in [0.717, 1.165) is 18.2 Å². The Balaban J connectivity index is 2.09. The second-order valence-corrected chi connectivity index (χ2v) is 5.11. The molecular weight excluding hydrogens is 337 g/mol. The van der Waals surface area contributed by atoms with Crippen molar-refractivity contribution < 1.29 is 32.2 Å². The van der Waals surface area contributed by atoms with Gasteiger partial charge in [-0.15, -0.1) is 0 Å². The monoisotopic (exact) mass is 350 g/mol. The van der Waals surface area contributed by atoms with Gasteiger partial charge in [0.2, 0.25) is 0 Å². The van der Waals surface area contributed by atoms with E-state index >= 15 is 0 Å². The van der Waals surface area contributed by atoms with Gasteiger partial charge in [-0.2, -0.15) is 13.2 Å². The lowest BCUT2D eigenvalue weighted by Crippen LogP contribution is -2.11. The molecular formula is C18H13F3O4. The number of ether oxygens (including phenoxy) is 2. The summed E-state index contributed by atoms with van der Waals surface area (Å²) >= 11 is 0. The third kappa shape index (κ3) is 4.94. The van der Waals surface area contributed by atoms with Crippen molar-refractivity contribution in [3.8, 4) is 11.5 Å². The normalized spacial score (nSPS) is 10.9. The Labute approximate surface area is 141 Å². The van der Waals surface area contributed by atoms with Gasteiger partial charge in [0.15, 0.2) is 0 Å². The van der Waals surface area contributed by atoms with Crippen LogP contribution in [-0.2, 0) is 11.0 Å². The van der Waals surface area contributed by atoms with Crippen molar-refractivity contribution >= 4 is 11.9 Å². The molecule has 0 atom stereocenters. The summed E-state index contributed by atoms with van der Waals surface area (Å²) in [4.78, 5) is 23.4. The lowest BCUT2D eigenvalue weighted by molar-refractivity contribution is -0.137. The van der Waals surface area contributed by atoms with Gasteiger partial charge in [-0.3, -0.25) is 0 Å². The molecule has 0 fully saturated rings. The van der Waals surface area contributed by atoms with E-state index in [9.17, 15) is 22.8 Å². The first kappa shape index (κ1) is 18.3. The largest absolute Gasteiger partial charge is 0.423 e. The highest BCUT2D eigenvalue weighted by molar-refractivity contribution is 5.92. The summed E-state index contributed by atoms with van der Waals surface area (Å²) < 4.78 is 47.8. The van der Waals surface area contributed by atoms with E-state index in [1.807, 2.05) is 0 Å². The summed E-state index contributed by atoms with van der Waals surface area (Å²) in [6, 6.07) is 9.39. The maximum Gasteiger partial charge on any atom is 0.416 e. The molecule has 2 aromatic rings. The van der Waals surface area contributed by atoms with E-state index in [2.05, 4.69) is 6.58 Å². The molecule has 130 valence electrons. The molecule has 0 aromatic heterocycles. The number of carbonyl (C=O) groups is 2. The molecule has 4 nitrogen and oxygen atoms in total. The Morgan fingerprint density at radius 3 is 2.16 bits per heavy atom. The van der Waals surface area contributed by atoms with Gasteiger partial charge in [0.25, 0.3) is 0 Å². The number of hydrogen-bond donors (Lipinski definition) is 0. The van der Waals surface area contributed by atoms with Crippen molar-refractivity contribution in [2.24, 2.45) is 0 Å². The fourth-order valence-electron chi connectivity index (χ4n) is 1.76. The Kier molecular flexibility index (Phi) is 5.26. The Morgan fingerprint density at radius 2 is 1.60 bits per heavy atom. The van der Waals surface area contributed by atoms with Crippen LogP contribution < -0.4 is 9.47 Å². The Morgan fingerprint density at radius 1 is 0.960 bits per heavy atom. The average Bonchev–Trinajstić information content (AvgIpc) is 2.54. The summed E-state index contributed by atoms with van der Waals surface area (Å²) in [5, 5.41) is 0. The lowest BCUT2D eigenvalue weighted by Gasteiger charge is -2.09. The summed E-state index contributed by atoms with van der Waals surface area (Å²) in [5.41, 5.74) is -0.611. The zero-order chi connectivity index (χ0) is 18.6. The standard InChI is InChI=1S/C18H13F3O4/c1-11(2)16(22)24-14-8-6-12(7-9-14)17(23)25-15-5-3-4-13(10-15)18(19,20)21/h3-10H,1H2,2H3. The third-order valence-electron chi connectivity index (χ3n) is 3.02. The molecule has 0 amide bonds. The molecule has 0 saturated carbocycles. The van der Waals surface area contributed by atoms with E-state index in [-0.39, 0.29) is 22.6 Å². The first-order valence-electron chi connectivity index (χ1n) is 7.04. The van der Waals surface area contributed by atoms with E-state index in [1.54, 1.807) is 0 Å². The molecule has 0 aliphatic heterocycles. The molecule has 0 spiro atoms. The molecule has 25 heavy (non-hydrogen) atoms. The molecule has 0 radical (unpaired) electrons. The molecule has 0 aliphatic rings. The third-order valence-corrected chi connectivity index (χ3v) is 3.02. The molecule has 0 N–H and O–H groups in total. The minimum atomic E-state index is -4.53. The maximum atomic E-state index is 12.6. The Bertz CT molecular complexity index is 808. The van der Waals surface area contributed by atoms with Crippen LogP contribution in [0.2, 0.25) is 0 Å². The van der Waals surface area contributed by atoms with Crippen LogP contribution in [0.4, 0.5) is 13.2 Å². The van der Waals surface area contributed by atoms with Crippen LogP contribution in [0.25, 0.3) is 0 Å². The summed E-state index contributed by atoms with van der Waals surface area (Å²) in [5.74, 6) is -1.47. The Hall–Kier alpha value is -3.09. The van der Waals surface area contributed by atoms with Crippen molar-refractivity contribution in [1.82, 2.24) is 0 Å². The SMILES string of the molecule is C=C(C)C(=O)Oc1ccc(C(=O)Oc2cccc(C(F)(F)F)c2)cc1. The maximum absolute atomic E-state index is 12.6. The van der Waals surface area contributed by atoms with Gasteiger partial charge < -0.3 is 9.47 Å². The molecule has 0 bridgehead atoms. The van der Waals surface area contributed by atoms with Crippen LogP contribution in [0, 0.1) is 0 Å². The summed E-state index contributed by atoms with van der Waals surface area (Å²) in [6.07, 6.45) is -4.53. The minimum absolute atomic E-state index is 0.0903. The van der Waals surface area contributed by atoms with Crippen LogP contribution in [0.3, 0.4) is 0 Å². The zero-order valence-corrected chi connectivity index (χ0v) is 13.1.